The molecule has 4 heteroatoms. The van der Waals surface area contributed by atoms with Gasteiger partial charge in [-0.25, -0.2) is 4.98 Å². The van der Waals surface area contributed by atoms with Gasteiger partial charge in [-0.2, -0.15) is 0 Å². The second-order valence-electron chi connectivity index (χ2n) is 6.79. The second-order valence-corrected chi connectivity index (χ2v) is 6.79. The number of ether oxygens (including phenoxy) is 1. The first-order chi connectivity index (χ1) is 9.40. The Morgan fingerprint density at radius 1 is 1.35 bits per heavy atom. The Morgan fingerprint density at radius 2 is 2.10 bits per heavy atom. The highest BCUT2D eigenvalue weighted by molar-refractivity contribution is 4.96. The molecule has 0 saturated carbocycles. The van der Waals surface area contributed by atoms with E-state index in [9.17, 15) is 0 Å². The van der Waals surface area contributed by atoms with Crippen LogP contribution < -0.4 is 5.32 Å². The number of methoxy groups -OCH3 is 1. The lowest BCUT2D eigenvalue weighted by Crippen LogP contribution is -2.21. The van der Waals surface area contributed by atoms with Crippen molar-refractivity contribution in [3.8, 4) is 0 Å². The Kier molecular flexibility index (Phi) is 7.24. The lowest BCUT2D eigenvalue weighted by molar-refractivity contribution is 0.199. The van der Waals surface area contributed by atoms with Gasteiger partial charge >= 0.3 is 0 Å². The molecule has 0 amide bonds. The lowest BCUT2D eigenvalue weighted by atomic mass is 9.84. The molecule has 0 aliphatic rings. The van der Waals surface area contributed by atoms with Crippen molar-refractivity contribution < 1.29 is 9.15 Å². The molecule has 1 heterocycles. The van der Waals surface area contributed by atoms with Crippen molar-refractivity contribution in [3.05, 3.63) is 17.8 Å². The van der Waals surface area contributed by atoms with Crippen LogP contribution in [-0.2, 0) is 17.6 Å². The summed E-state index contributed by atoms with van der Waals surface area (Å²) in [5.74, 6) is 2.46. The minimum Gasteiger partial charge on any atom is -0.446 e. The van der Waals surface area contributed by atoms with Crippen LogP contribution in [-0.4, -0.2) is 31.8 Å². The maximum Gasteiger partial charge on any atom is 0.195 e. The fourth-order valence-electron chi connectivity index (χ4n) is 2.51. The van der Waals surface area contributed by atoms with Crippen molar-refractivity contribution in [3.63, 3.8) is 0 Å². The predicted octanol–water partition coefficient (Wildman–Crippen LogP) is 3.07. The van der Waals surface area contributed by atoms with Crippen molar-refractivity contribution in [1.82, 2.24) is 10.3 Å². The molecule has 0 fully saturated rings. The lowest BCUT2D eigenvalue weighted by Gasteiger charge is -2.22. The van der Waals surface area contributed by atoms with Gasteiger partial charge in [0.2, 0.25) is 0 Å². The van der Waals surface area contributed by atoms with Crippen molar-refractivity contribution in [2.75, 3.05) is 26.8 Å². The number of nitrogens with one attached hydrogen (secondary N) is 1. The Balaban J connectivity index is 2.28. The molecule has 1 aromatic rings. The highest BCUT2D eigenvalue weighted by atomic mass is 16.5. The maximum absolute atomic E-state index is 5.79. The van der Waals surface area contributed by atoms with E-state index in [2.05, 4.69) is 38.0 Å². The van der Waals surface area contributed by atoms with Gasteiger partial charge in [0.05, 0.1) is 12.8 Å². The Hall–Kier alpha value is -0.870. The first-order valence-electron chi connectivity index (χ1n) is 7.54. The topological polar surface area (TPSA) is 47.3 Å². The van der Waals surface area contributed by atoms with Gasteiger partial charge in [0.15, 0.2) is 5.89 Å². The average molecular weight is 282 g/mol. The van der Waals surface area contributed by atoms with Crippen LogP contribution in [0.5, 0.6) is 0 Å². The van der Waals surface area contributed by atoms with E-state index in [-0.39, 0.29) is 0 Å². The van der Waals surface area contributed by atoms with Crippen LogP contribution in [0, 0.1) is 11.3 Å². The van der Waals surface area contributed by atoms with E-state index in [4.69, 9.17) is 9.15 Å². The fraction of sp³-hybridized carbons (Fsp3) is 0.812. The number of rotatable bonds is 9. The highest BCUT2D eigenvalue weighted by Gasteiger charge is 2.17. The van der Waals surface area contributed by atoms with E-state index in [0.29, 0.717) is 11.3 Å². The van der Waals surface area contributed by atoms with E-state index >= 15 is 0 Å². The van der Waals surface area contributed by atoms with Crippen LogP contribution in [0.25, 0.3) is 0 Å². The summed E-state index contributed by atoms with van der Waals surface area (Å²) >= 11 is 0. The van der Waals surface area contributed by atoms with Crippen molar-refractivity contribution in [2.24, 2.45) is 11.3 Å². The monoisotopic (exact) mass is 282 g/mol. The quantitative estimate of drug-likeness (QED) is 0.707. The molecule has 0 spiro atoms. The van der Waals surface area contributed by atoms with Gasteiger partial charge < -0.3 is 14.5 Å². The average Bonchev–Trinajstić information content (AvgIpc) is 2.74. The van der Waals surface area contributed by atoms with Crippen LogP contribution in [0.4, 0.5) is 0 Å². The van der Waals surface area contributed by atoms with E-state index in [1.807, 2.05) is 6.20 Å². The molecular formula is C16H30N2O2. The zero-order chi connectivity index (χ0) is 15.0. The highest BCUT2D eigenvalue weighted by Crippen LogP contribution is 2.26. The molecule has 1 atom stereocenters. The summed E-state index contributed by atoms with van der Waals surface area (Å²) in [6, 6.07) is 0. The first kappa shape index (κ1) is 17.2. The minimum absolute atomic E-state index is 0.369. The minimum atomic E-state index is 0.369. The van der Waals surface area contributed by atoms with Crippen LogP contribution in [0.15, 0.2) is 10.6 Å². The normalized spacial score (nSPS) is 13.7. The number of nitrogens with zero attached hydrogens (tertiary/aromatic N) is 1. The summed E-state index contributed by atoms with van der Waals surface area (Å²) in [6.07, 6.45) is 4.88. The smallest absolute Gasteiger partial charge is 0.195 e. The second kappa shape index (κ2) is 8.42. The van der Waals surface area contributed by atoms with Gasteiger partial charge in [-0.15, -0.1) is 0 Å². The molecule has 20 heavy (non-hydrogen) atoms. The molecular weight excluding hydrogens is 252 g/mol. The van der Waals surface area contributed by atoms with Gasteiger partial charge in [0.1, 0.15) is 5.76 Å². The van der Waals surface area contributed by atoms with Gasteiger partial charge in [-0.3, -0.25) is 0 Å². The number of oxazole rings is 1. The van der Waals surface area contributed by atoms with Gasteiger partial charge in [0, 0.05) is 33.0 Å². The molecule has 0 saturated heterocycles. The summed E-state index contributed by atoms with van der Waals surface area (Å²) in [5, 5.41) is 3.29. The third-order valence-electron chi connectivity index (χ3n) is 3.11. The zero-order valence-electron chi connectivity index (χ0n) is 13.7. The van der Waals surface area contributed by atoms with Crippen molar-refractivity contribution in [1.29, 1.82) is 0 Å². The molecule has 0 radical (unpaired) electrons. The Bertz CT molecular complexity index is 369. The molecule has 1 N–H and O–H groups in total. The molecule has 1 aromatic heterocycles. The Labute approximate surface area is 123 Å². The molecule has 4 nitrogen and oxygen atoms in total. The number of aromatic nitrogens is 1. The third-order valence-corrected chi connectivity index (χ3v) is 3.11. The largest absolute Gasteiger partial charge is 0.446 e. The van der Waals surface area contributed by atoms with Crippen LogP contribution in [0.1, 0.15) is 45.8 Å². The zero-order valence-corrected chi connectivity index (χ0v) is 13.7. The predicted molar refractivity (Wildman–Crippen MR) is 81.9 cm³/mol. The van der Waals surface area contributed by atoms with E-state index in [0.717, 1.165) is 44.2 Å². The standard InChI is InChI=1S/C16H30N2O2/c1-13(11-16(2,3)4)10-14-12-18-15(20-14)6-7-17-8-9-19-5/h12-13,17H,6-11H2,1-5H3. The van der Waals surface area contributed by atoms with E-state index in [1.165, 1.54) is 6.42 Å². The van der Waals surface area contributed by atoms with Gasteiger partial charge in [0.25, 0.3) is 0 Å². The van der Waals surface area contributed by atoms with Crippen LogP contribution in [0.3, 0.4) is 0 Å². The number of hydrogen-bond acceptors (Lipinski definition) is 4. The van der Waals surface area contributed by atoms with Gasteiger partial charge in [-0.1, -0.05) is 27.7 Å². The summed E-state index contributed by atoms with van der Waals surface area (Å²) in [5.41, 5.74) is 0.369. The fourth-order valence-corrected chi connectivity index (χ4v) is 2.51. The van der Waals surface area contributed by atoms with E-state index in [1.54, 1.807) is 7.11 Å². The summed E-state index contributed by atoms with van der Waals surface area (Å²) < 4.78 is 10.8. The molecule has 1 unspecified atom stereocenters. The molecule has 116 valence electrons. The SMILES string of the molecule is COCCNCCc1ncc(CC(C)CC(C)(C)C)o1. The summed E-state index contributed by atoms with van der Waals surface area (Å²) in [4.78, 5) is 4.35. The third kappa shape index (κ3) is 7.65. The van der Waals surface area contributed by atoms with Gasteiger partial charge in [-0.05, 0) is 17.8 Å². The molecule has 0 aromatic carbocycles. The molecule has 0 bridgehead atoms. The molecule has 0 aliphatic carbocycles. The first-order valence-corrected chi connectivity index (χ1v) is 7.54. The Morgan fingerprint density at radius 3 is 2.75 bits per heavy atom. The van der Waals surface area contributed by atoms with Crippen molar-refractivity contribution in [2.45, 2.75) is 47.0 Å². The number of hydrogen-bond donors (Lipinski definition) is 1. The summed E-state index contributed by atoms with van der Waals surface area (Å²) in [7, 11) is 1.71. The molecule has 0 aliphatic heterocycles. The van der Waals surface area contributed by atoms with E-state index < -0.39 is 0 Å². The van der Waals surface area contributed by atoms with Crippen LogP contribution in [0.2, 0.25) is 0 Å². The summed E-state index contributed by atoms with van der Waals surface area (Å²) in [6.45, 7) is 11.6. The maximum atomic E-state index is 5.79. The molecule has 1 rings (SSSR count). The van der Waals surface area contributed by atoms with Crippen molar-refractivity contribution >= 4 is 0 Å². The van der Waals surface area contributed by atoms with Crippen LogP contribution >= 0.6 is 0 Å².